The lowest BCUT2D eigenvalue weighted by Crippen LogP contribution is -2.48. The van der Waals surface area contributed by atoms with Crippen molar-refractivity contribution in [1.82, 2.24) is 14.8 Å². The molecule has 1 fully saturated rings. The third-order valence-electron chi connectivity index (χ3n) is 2.99. The van der Waals surface area contributed by atoms with Crippen molar-refractivity contribution in [2.24, 2.45) is 0 Å². The molecule has 1 amide bonds. The molecule has 17 heavy (non-hydrogen) atoms. The minimum Gasteiger partial charge on any atom is -0.339 e. The molecule has 0 aromatic carbocycles. The number of amides is 1. The summed E-state index contributed by atoms with van der Waals surface area (Å²) in [6.45, 7) is 5.33. The van der Waals surface area contributed by atoms with Crippen LogP contribution in [0.2, 0.25) is 0 Å². The van der Waals surface area contributed by atoms with Gasteiger partial charge in [0.25, 0.3) is 0 Å². The van der Waals surface area contributed by atoms with Gasteiger partial charge in [0.05, 0.1) is 0 Å². The maximum Gasteiger partial charge on any atom is 0.307 e. The zero-order valence-corrected chi connectivity index (χ0v) is 10.8. The van der Waals surface area contributed by atoms with Crippen LogP contribution in [-0.2, 0) is 17.8 Å². The predicted molar refractivity (Wildman–Crippen MR) is 67.4 cm³/mol. The van der Waals surface area contributed by atoms with Crippen molar-refractivity contribution in [3.05, 3.63) is 20.7 Å². The van der Waals surface area contributed by atoms with Crippen molar-refractivity contribution in [3.8, 4) is 0 Å². The third-order valence-corrected chi connectivity index (χ3v) is 3.80. The summed E-state index contributed by atoms with van der Waals surface area (Å²) in [6.07, 6.45) is 0.785. The molecule has 0 aliphatic carbocycles. The number of hydrogen-bond acceptors (Lipinski definition) is 4. The van der Waals surface area contributed by atoms with Gasteiger partial charge in [-0.15, -0.1) is 0 Å². The van der Waals surface area contributed by atoms with Crippen LogP contribution < -0.4 is 10.2 Å². The molecule has 0 radical (unpaired) electrons. The van der Waals surface area contributed by atoms with Crippen molar-refractivity contribution >= 4 is 17.2 Å². The monoisotopic (exact) mass is 255 g/mol. The summed E-state index contributed by atoms with van der Waals surface area (Å²) in [5, 5.41) is 5.04. The second kappa shape index (κ2) is 5.46. The van der Waals surface area contributed by atoms with Crippen molar-refractivity contribution < 1.29 is 4.79 Å². The molecule has 2 rings (SSSR count). The van der Waals surface area contributed by atoms with Gasteiger partial charge in [0.1, 0.15) is 6.54 Å². The minimum atomic E-state index is -0.0367. The van der Waals surface area contributed by atoms with E-state index in [9.17, 15) is 9.59 Å². The Morgan fingerprint density at radius 3 is 2.82 bits per heavy atom. The minimum absolute atomic E-state index is 0.0367. The number of carbonyl (C=O) groups is 1. The summed E-state index contributed by atoms with van der Waals surface area (Å²) in [7, 11) is 0. The molecule has 0 spiro atoms. The number of piperazine rings is 1. The van der Waals surface area contributed by atoms with Crippen LogP contribution in [0.3, 0.4) is 0 Å². The lowest BCUT2D eigenvalue weighted by molar-refractivity contribution is -0.132. The molecule has 0 saturated carbocycles. The normalized spacial score (nSPS) is 16.2. The van der Waals surface area contributed by atoms with E-state index in [-0.39, 0.29) is 17.3 Å². The maximum atomic E-state index is 12.0. The number of thiazole rings is 1. The first-order valence-corrected chi connectivity index (χ1v) is 6.76. The fourth-order valence-corrected chi connectivity index (χ4v) is 2.79. The number of aromatic nitrogens is 1. The third kappa shape index (κ3) is 2.76. The van der Waals surface area contributed by atoms with Gasteiger partial charge in [-0.1, -0.05) is 18.3 Å². The fraction of sp³-hybridized carbons (Fsp3) is 0.636. The lowest BCUT2D eigenvalue weighted by atomic mass is 10.3. The quantitative estimate of drug-likeness (QED) is 0.821. The molecule has 1 aromatic heterocycles. The Hall–Kier alpha value is -1.14. The van der Waals surface area contributed by atoms with Crippen molar-refractivity contribution in [2.75, 3.05) is 26.2 Å². The van der Waals surface area contributed by atoms with E-state index >= 15 is 0 Å². The number of rotatable bonds is 3. The van der Waals surface area contributed by atoms with E-state index in [1.807, 2.05) is 17.2 Å². The first kappa shape index (κ1) is 12.3. The van der Waals surface area contributed by atoms with E-state index in [0.717, 1.165) is 38.3 Å². The van der Waals surface area contributed by atoms with Gasteiger partial charge in [0.2, 0.25) is 5.91 Å². The molecule has 94 valence electrons. The Balaban J connectivity index is 2.06. The highest BCUT2D eigenvalue weighted by Crippen LogP contribution is 2.04. The van der Waals surface area contributed by atoms with Crippen LogP contribution in [0, 0.1) is 0 Å². The summed E-state index contributed by atoms with van der Waals surface area (Å²) in [5.41, 5.74) is 0.948. The van der Waals surface area contributed by atoms with Gasteiger partial charge >= 0.3 is 4.87 Å². The van der Waals surface area contributed by atoms with E-state index in [0.29, 0.717) is 0 Å². The highest BCUT2D eigenvalue weighted by molar-refractivity contribution is 7.07. The number of nitrogens with zero attached hydrogens (tertiary/aromatic N) is 2. The van der Waals surface area contributed by atoms with Crippen LogP contribution in [0.5, 0.6) is 0 Å². The molecule has 0 atom stereocenters. The van der Waals surface area contributed by atoms with Gasteiger partial charge in [0.15, 0.2) is 0 Å². The predicted octanol–water partition coefficient (Wildman–Crippen LogP) is -0.0960. The van der Waals surface area contributed by atoms with Crippen LogP contribution in [0.15, 0.2) is 10.2 Å². The van der Waals surface area contributed by atoms with E-state index in [4.69, 9.17) is 0 Å². The first-order valence-electron chi connectivity index (χ1n) is 5.88. The molecule has 1 aromatic rings. The molecular formula is C11H17N3O2S. The molecular weight excluding hydrogens is 238 g/mol. The number of hydrogen-bond donors (Lipinski definition) is 1. The van der Waals surface area contributed by atoms with E-state index in [2.05, 4.69) is 5.32 Å². The Labute approximate surface area is 104 Å². The Bertz CT molecular complexity index is 446. The van der Waals surface area contributed by atoms with Gasteiger partial charge in [-0.25, -0.2) is 0 Å². The topological polar surface area (TPSA) is 54.3 Å². The second-order valence-electron chi connectivity index (χ2n) is 4.06. The zero-order valence-electron chi connectivity index (χ0n) is 9.94. The molecule has 1 aliphatic rings. The first-order chi connectivity index (χ1) is 8.22. The van der Waals surface area contributed by atoms with Gasteiger partial charge in [-0.2, -0.15) is 0 Å². The highest BCUT2D eigenvalue weighted by atomic mass is 32.1. The van der Waals surface area contributed by atoms with Crippen molar-refractivity contribution in [2.45, 2.75) is 19.9 Å². The molecule has 6 heteroatoms. The van der Waals surface area contributed by atoms with Crippen LogP contribution in [0.1, 0.15) is 12.6 Å². The maximum absolute atomic E-state index is 12.0. The number of carbonyl (C=O) groups excluding carboxylic acids is 1. The largest absolute Gasteiger partial charge is 0.339 e. The SMILES string of the molecule is CCc1csc(=O)n1CC(=O)N1CCNCC1. The van der Waals surface area contributed by atoms with Crippen molar-refractivity contribution in [3.63, 3.8) is 0 Å². The summed E-state index contributed by atoms with van der Waals surface area (Å²) in [4.78, 5) is 25.4. The standard InChI is InChI=1S/C11H17N3O2S/c1-2-9-8-17-11(16)14(9)7-10(15)13-5-3-12-4-6-13/h8,12H,2-7H2,1H3. The van der Waals surface area contributed by atoms with E-state index in [1.165, 1.54) is 11.3 Å². The van der Waals surface area contributed by atoms with Crippen LogP contribution >= 0.6 is 11.3 Å². The smallest absolute Gasteiger partial charge is 0.307 e. The molecule has 1 saturated heterocycles. The van der Waals surface area contributed by atoms with Crippen LogP contribution in [-0.4, -0.2) is 41.6 Å². The highest BCUT2D eigenvalue weighted by Gasteiger charge is 2.18. The number of nitrogens with one attached hydrogen (secondary N) is 1. The molecule has 2 heterocycles. The van der Waals surface area contributed by atoms with Gasteiger partial charge < -0.3 is 10.2 Å². The summed E-state index contributed by atoms with van der Waals surface area (Å²) in [6, 6.07) is 0. The molecule has 1 N–H and O–H groups in total. The zero-order chi connectivity index (χ0) is 12.3. The average Bonchev–Trinajstić information content (AvgIpc) is 2.71. The summed E-state index contributed by atoms with van der Waals surface area (Å²) >= 11 is 1.17. The molecule has 5 nitrogen and oxygen atoms in total. The number of aryl methyl sites for hydroxylation is 1. The van der Waals surface area contributed by atoms with Crippen LogP contribution in [0.25, 0.3) is 0 Å². The average molecular weight is 255 g/mol. The fourth-order valence-electron chi connectivity index (χ4n) is 1.95. The van der Waals surface area contributed by atoms with Crippen molar-refractivity contribution in [1.29, 1.82) is 0 Å². The van der Waals surface area contributed by atoms with Crippen LogP contribution in [0.4, 0.5) is 0 Å². The molecule has 0 unspecified atom stereocenters. The lowest BCUT2D eigenvalue weighted by Gasteiger charge is -2.27. The van der Waals surface area contributed by atoms with E-state index < -0.39 is 0 Å². The summed E-state index contributed by atoms with van der Waals surface area (Å²) in [5.74, 6) is 0.0432. The van der Waals surface area contributed by atoms with E-state index in [1.54, 1.807) is 4.57 Å². The Morgan fingerprint density at radius 1 is 1.47 bits per heavy atom. The Morgan fingerprint density at radius 2 is 2.18 bits per heavy atom. The van der Waals surface area contributed by atoms with Gasteiger partial charge in [-0.05, 0) is 6.42 Å². The molecule has 0 bridgehead atoms. The summed E-state index contributed by atoms with van der Waals surface area (Å²) < 4.78 is 1.59. The second-order valence-corrected chi connectivity index (χ2v) is 4.88. The van der Waals surface area contributed by atoms with Gasteiger partial charge in [-0.3, -0.25) is 14.2 Å². The molecule has 1 aliphatic heterocycles. The Kier molecular flexibility index (Phi) is 3.96. The van der Waals surface area contributed by atoms with Gasteiger partial charge in [0, 0.05) is 37.3 Å².